The molecular formula is C13H24O4S. The van der Waals surface area contributed by atoms with Crippen LogP contribution in [-0.4, -0.2) is 35.2 Å². The summed E-state index contributed by atoms with van der Waals surface area (Å²) in [7, 11) is 0. The molecule has 0 bridgehead atoms. The van der Waals surface area contributed by atoms with Crippen LogP contribution in [0.25, 0.3) is 0 Å². The van der Waals surface area contributed by atoms with Crippen LogP contribution in [0.1, 0.15) is 40.5 Å². The second-order valence-electron chi connectivity index (χ2n) is 4.45. The monoisotopic (exact) mass is 276 g/mol. The van der Waals surface area contributed by atoms with Gasteiger partial charge in [-0.25, -0.2) is 0 Å². The average Bonchev–Trinajstić information content (AvgIpc) is 2.28. The van der Waals surface area contributed by atoms with Gasteiger partial charge in [-0.2, -0.15) is 11.8 Å². The van der Waals surface area contributed by atoms with Crippen LogP contribution < -0.4 is 0 Å². The molecule has 0 radical (unpaired) electrons. The van der Waals surface area contributed by atoms with E-state index in [0.29, 0.717) is 12.8 Å². The first kappa shape index (κ1) is 17.3. The molecular weight excluding hydrogens is 252 g/mol. The van der Waals surface area contributed by atoms with Crippen molar-refractivity contribution in [3.05, 3.63) is 0 Å². The van der Waals surface area contributed by atoms with Gasteiger partial charge in [-0.3, -0.25) is 9.59 Å². The van der Waals surface area contributed by atoms with Crippen LogP contribution in [0.5, 0.6) is 0 Å². The lowest BCUT2D eigenvalue weighted by molar-refractivity contribution is -0.173. The maximum atomic E-state index is 12.0. The lowest BCUT2D eigenvalue weighted by atomic mass is 9.73. The highest BCUT2D eigenvalue weighted by Crippen LogP contribution is 2.35. The molecule has 1 N–H and O–H groups in total. The third-order valence-corrected chi connectivity index (χ3v) is 4.06. The molecule has 1 unspecified atom stereocenters. The molecule has 0 aliphatic heterocycles. The quantitative estimate of drug-likeness (QED) is 0.398. The molecule has 4 nitrogen and oxygen atoms in total. The second kappa shape index (κ2) is 8.40. The van der Waals surface area contributed by atoms with E-state index in [2.05, 4.69) is 6.92 Å². The fraction of sp³-hybridized carbons (Fsp3) is 0.846. The summed E-state index contributed by atoms with van der Waals surface area (Å²) in [5.41, 5.74) is -1.40. The minimum absolute atomic E-state index is 0.213. The van der Waals surface area contributed by atoms with E-state index in [0.717, 1.165) is 11.5 Å². The number of carboxylic acid groups (broad SMARTS) is 1. The minimum Gasteiger partial charge on any atom is -0.480 e. The van der Waals surface area contributed by atoms with Crippen LogP contribution in [0.2, 0.25) is 0 Å². The number of carbonyl (C=O) groups excluding carboxylic acids is 1. The molecule has 0 amide bonds. The second-order valence-corrected chi connectivity index (χ2v) is 5.85. The minimum atomic E-state index is -1.40. The third-order valence-electron chi connectivity index (χ3n) is 3.07. The van der Waals surface area contributed by atoms with Gasteiger partial charge in [-0.15, -0.1) is 0 Å². The van der Waals surface area contributed by atoms with Crippen LogP contribution in [0.4, 0.5) is 0 Å². The SMILES string of the molecule is CCOC(=O)C(CCCSCC)(C(=O)O)C(C)C. The summed E-state index contributed by atoms with van der Waals surface area (Å²) in [6.45, 7) is 7.49. The lowest BCUT2D eigenvalue weighted by Gasteiger charge is -2.30. The summed E-state index contributed by atoms with van der Waals surface area (Å²) in [6, 6.07) is 0. The molecule has 18 heavy (non-hydrogen) atoms. The molecule has 0 fully saturated rings. The van der Waals surface area contributed by atoms with E-state index >= 15 is 0 Å². The Kier molecular flexibility index (Phi) is 8.07. The zero-order valence-corrected chi connectivity index (χ0v) is 12.5. The van der Waals surface area contributed by atoms with Crippen molar-refractivity contribution in [3.63, 3.8) is 0 Å². The zero-order valence-electron chi connectivity index (χ0n) is 11.7. The fourth-order valence-corrected chi connectivity index (χ4v) is 2.56. The van der Waals surface area contributed by atoms with Crippen LogP contribution in [0.3, 0.4) is 0 Å². The molecule has 0 saturated heterocycles. The topological polar surface area (TPSA) is 63.6 Å². The molecule has 0 aromatic rings. The smallest absolute Gasteiger partial charge is 0.323 e. The van der Waals surface area contributed by atoms with E-state index in [1.54, 1.807) is 32.5 Å². The normalized spacial score (nSPS) is 14.3. The van der Waals surface area contributed by atoms with Gasteiger partial charge < -0.3 is 9.84 Å². The van der Waals surface area contributed by atoms with E-state index in [1.807, 2.05) is 0 Å². The number of esters is 1. The van der Waals surface area contributed by atoms with Crippen LogP contribution in [-0.2, 0) is 14.3 Å². The van der Waals surface area contributed by atoms with E-state index in [4.69, 9.17) is 4.74 Å². The molecule has 0 aliphatic rings. The van der Waals surface area contributed by atoms with Gasteiger partial charge in [-0.1, -0.05) is 20.8 Å². The molecule has 0 aliphatic carbocycles. The molecule has 0 heterocycles. The highest BCUT2D eigenvalue weighted by molar-refractivity contribution is 7.99. The number of aliphatic carboxylic acids is 1. The summed E-state index contributed by atoms with van der Waals surface area (Å²) in [6.07, 6.45) is 1.05. The van der Waals surface area contributed by atoms with Crippen LogP contribution in [0, 0.1) is 11.3 Å². The zero-order chi connectivity index (χ0) is 14.2. The first-order chi connectivity index (χ1) is 8.43. The van der Waals surface area contributed by atoms with Gasteiger partial charge in [0.2, 0.25) is 0 Å². The fourth-order valence-electron chi connectivity index (χ4n) is 1.92. The Morgan fingerprint density at radius 1 is 1.33 bits per heavy atom. The largest absolute Gasteiger partial charge is 0.480 e. The number of hydrogen-bond acceptors (Lipinski definition) is 4. The number of ether oxygens (including phenoxy) is 1. The first-order valence-corrected chi connectivity index (χ1v) is 7.57. The Balaban J connectivity index is 4.87. The molecule has 5 heteroatoms. The van der Waals surface area contributed by atoms with Gasteiger partial charge in [0.15, 0.2) is 5.41 Å². The van der Waals surface area contributed by atoms with Crippen molar-refractivity contribution in [2.45, 2.75) is 40.5 Å². The standard InChI is InChI=1S/C13H24O4S/c1-5-17-12(16)13(10(3)4,11(14)15)8-7-9-18-6-2/h10H,5-9H2,1-4H3,(H,14,15). The van der Waals surface area contributed by atoms with Crippen molar-refractivity contribution in [1.82, 2.24) is 0 Å². The van der Waals surface area contributed by atoms with E-state index in [9.17, 15) is 14.7 Å². The van der Waals surface area contributed by atoms with Crippen molar-refractivity contribution in [3.8, 4) is 0 Å². The van der Waals surface area contributed by atoms with Crippen LogP contribution >= 0.6 is 11.8 Å². The summed E-state index contributed by atoms with van der Waals surface area (Å²) in [5.74, 6) is -0.0779. The molecule has 0 aromatic heterocycles. The number of carboxylic acids is 1. The van der Waals surface area contributed by atoms with E-state index in [-0.39, 0.29) is 12.5 Å². The van der Waals surface area contributed by atoms with Gasteiger partial charge in [0.05, 0.1) is 6.61 Å². The van der Waals surface area contributed by atoms with Crippen LogP contribution in [0.15, 0.2) is 0 Å². The predicted octanol–water partition coefficient (Wildman–Crippen LogP) is 2.81. The first-order valence-electron chi connectivity index (χ1n) is 6.41. The predicted molar refractivity (Wildman–Crippen MR) is 73.8 cm³/mol. The van der Waals surface area contributed by atoms with Gasteiger partial charge in [0.1, 0.15) is 0 Å². The molecule has 1 atom stereocenters. The average molecular weight is 276 g/mol. The van der Waals surface area contributed by atoms with E-state index in [1.165, 1.54) is 0 Å². The Labute approximate surface area is 113 Å². The Hall–Kier alpha value is -0.710. The summed E-state index contributed by atoms with van der Waals surface area (Å²) in [4.78, 5) is 23.5. The Morgan fingerprint density at radius 2 is 1.94 bits per heavy atom. The molecule has 0 rings (SSSR count). The molecule has 0 spiro atoms. The van der Waals surface area contributed by atoms with Gasteiger partial charge in [-0.05, 0) is 37.2 Å². The lowest BCUT2D eigenvalue weighted by Crippen LogP contribution is -2.45. The van der Waals surface area contributed by atoms with E-state index < -0.39 is 17.4 Å². The van der Waals surface area contributed by atoms with Crippen molar-refractivity contribution >= 4 is 23.7 Å². The molecule has 106 valence electrons. The van der Waals surface area contributed by atoms with Gasteiger partial charge in [0.25, 0.3) is 0 Å². The van der Waals surface area contributed by atoms with Gasteiger partial charge >= 0.3 is 11.9 Å². The van der Waals surface area contributed by atoms with Crippen molar-refractivity contribution in [2.75, 3.05) is 18.1 Å². The van der Waals surface area contributed by atoms with Crippen molar-refractivity contribution in [1.29, 1.82) is 0 Å². The third kappa shape index (κ3) is 4.19. The number of hydrogen-bond donors (Lipinski definition) is 1. The summed E-state index contributed by atoms with van der Waals surface area (Å²) in [5, 5.41) is 9.44. The van der Waals surface area contributed by atoms with Gasteiger partial charge in [0, 0.05) is 0 Å². The number of carbonyl (C=O) groups is 2. The maximum absolute atomic E-state index is 12.0. The number of thioether (sulfide) groups is 1. The van der Waals surface area contributed by atoms with Crippen molar-refractivity contribution < 1.29 is 19.4 Å². The highest BCUT2D eigenvalue weighted by Gasteiger charge is 2.49. The van der Waals surface area contributed by atoms with Crippen molar-refractivity contribution in [2.24, 2.45) is 11.3 Å². The number of rotatable bonds is 9. The Morgan fingerprint density at radius 3 is 2.33 bits per heavy atom. The Bertz CT molecular complexity index is 278. The highest BCUT2D eigenvalue weighted by atomic mass is 32.2. The molecule has 0 aromatic carbocycles. The molecule has 0 saturated carbocycles. The summed E-state index contributed by atoms with van der Waals surface area (Å²) < 4.78 is 4.96. The maximum Gasteiger partial charge on any atom is 0.323 e. The summed E-state index contributed by atoms with van der Waals surface area (Å²) >= 11 is 1.75.